The molecule has 3 aromatic rings. The molecule has 0 aliphatic carbocycles. The molecular formula is C19H20F2N4O2. The second-order valence-electron chi connectivity index (χ2n) is 6.83. The highest BCUT2D eigenvalue weighted by atomic mass is 19.3. The summed E-state index contributed by atoms with van der Waals surface area (Å²) in [6, 6.07) is 6.92. The first-order valence-corrected chi connectivity index (χ1v) is 8.90. The number of halogens is 2. The fourth-order valence-corrected chi connectivity index (χ4v) is 3.75. The molecule has 2 unspecified atom stereocenters. The largest absolute Gasteiger partial charge is 0.435 e. The van der Waals surface area contributed by atoms with E-state index in [0.717, 1.165) is 36.1 Å². The third-order valence-electron chi connectivity index (χ3n) is 4.87. The number of nitrogens with zero attached hydrogens (tertiary/aromatic N) is 2. The van der Waals surface area contributed by atoms with Gasteiger partial charge in [0.1, 0.15) is 11.3 Å². The van der Waals surface area contributed by atoms with Gasteiger partial charge in [-0.25, -0.2) is 4.52 Å². The second-order valence-corrected chi connectivity index (χ2v) is 6.83. The summed E-state index contributed by atoms with van der Waals surface area (Å²) < 4.78 is 30.5. The van der Waals surface area contributed by atoms with Gasteiger partial charge in [-0.05, 0) is 37.5 Å². The molecule has 0 saturated carbocycles. The van der Waals surface area contributed by atoms with Crippen LogP contribution < -0.4 is 15.6 Å². The highest BCUT2D eigenvalue weighted by Gasteiger charge is 2.29. The Labute approximate surface area is 154 Å². The van der Waals surface area contributed by atoms with Gasteiger partial charge in [-0.1, -0.05) is 12.1 Å². The maximum Gasteiger partial charge on any atom is 0.387 e. The van der Waals surface area contributed by atoms with Crippen molar-refractivity contribution in [3.05, 3.63) is 63.8 Å². The number of aryl methyl sites for hydroxylation is 1. The number of alkyl halides is 2. The van der Waals surface area contributed by atoms with Crippen LogP contribution in [0, 0.1) is 0 Å². The van der Waals surface area contributed by atoms with E-state index in [1.807, 2.05) is 0 Å². The molecule has 2 aromatic heterocycles. The Hall–Kier alpha value is -2.74. The zero-order chi connectivity index (χ0) is 19.0. The molecule has 0 bridgehead atoms. The zero-order valence-corrected chi connectivity index (χ0v) is 14.8. The minimum Gasteiger partial charge on any atom is -0.435 e. The van der Waals surface area contributed by atoms with Crippen LogP contribution in [0.25, 0.3) is 5.52 Å². The molecule has 142 valence electrons. The van der Waals surface area contributed by atoms with Crippen LogP contribution in [0.5, 0.6) is 5.75 Å². The molecule has 27 heavy (non-hydrogen) atoms. The van der Waals surface area contributed by atoms with E-state index in [-0.39, 0.29) is 23.4 Å². The van der Waals surface area contributed by atoms with Crippen molar-refractivity contribution in [2.45, 2.75) is 44.9 Å². The van der Waals surface area contributed by atoms with Gasteiger partial charge in [0.15, 0.2) is 0 Å². The number of rotatable bonds is 5. The molecule has 1 aromatic carbocycles. The number of fused-ring (bicyclic) bond motifs is 3. The van der Waals surface area contributed by atoms with Crippen LogP contribution >= 0.6 is 0 Å². The molecule has 2 atom stereocenters. The molecule has 0 fully saturated rings. The molecule has 3 heterocycles. The molecular weight excluding hydrogens is 354 g/mol. The smallest absolute Gasteiger partial charge is 0.387 e. The lowest BCUT2D eigenvalue weighted by Gasteiger charge is -2.28. The Bertz CT molecular complexity index is 997. The number of aromatic amines is 1. The molecule has 0 spiro atoms. The summed E-state index contributed by atoms with van der Waals surface area (Å²) in [7, 11) is 0. The average Bonchev–Trinajstić information content (AvgIpc) is 3.00. The number of nitrogens with one attached hydrogen (secondary N) is 2. The fraction of sp³-hybridized carbons (Fsp3) is 0.368. The first kappa shape index (κ1) is 17.7. The summed E-state index contributed by atoms with van der Waals surface area (Å²) >= 11 is 0. The highest BCUT2D eigenvalue weighted by molar-refractivity contribution is 5.57. The van der Waals surface area contributed by atoms with Crippen LogP contribution in [0.15, 0.2) is 41.5 Å². The number of H-pyrrole nitrogens is 1. The Balaban J connectivity index is 1.57. The maximum absolute atomic E-state index is 12.3. The van der Waals surface area contributed by atoms with Crippen molar-refractivity contribution >= 4 is 5.52 Å². The van der Waals surface area contributed by atoms with Gasteiger partial charge in [0.2, 0.25) is 0 Å². The van der Waals surface area contributed by atoms with Crippen molar-refractivity contribution in [1.29, 1.82) is 0 Å². The number of hydrogen-bond acceptors (Lipinski definition) is 4. The van der Waals surface area contributed by atoms with Gasteiger partial charge >= 0.3 is 6.61 Å². The molecule has 8 heteroatoms. The van der Waals surface area contributed by atoms with Crippen LogP contribution in [0.4, 0.5) is 8.78 Å². The average molecular weight is 374 g/mol. The second kappa shape index (κ2) is 7.11. The summed E-state index contributed by atoms with van der Waals surface area (Å²) in [5.41, 5.74) is 3.35. The van der Waals surface area contributed by atoms with Crippen LogP contribution in [0.2, 0.25) is 0 Å². The summed E-state index contributed by atoms with van der Waals surface area (Å²) in [5.74, 6) is 0.148. The van der Waals surface area contributed by atoms with E-state index in [2.05, 4.69) is 27.1 Å². The number of benzene rings is 1. The molecule has 4 rings (SSSR count). The summed E-state index contributed by atoms with van der Waals surface area (Å²) in [4.78, 5) is 15.0. The van der Waals surface area contributed by atoms with Crippen LogP contribution in [-0.2, 0) is 12.8 Å². The summed E-state index contributed by atoms with van der Waals surface area (Å²) in [6.07, 6.45) is 5.61. The normalized spacial score (nSPS) is 19.4. The molecule has 0 saturated heterocycles. The summed E-state index contributed by atoms with van der Waals surface area (Å²) in [5, 5.41) is 8.13. The highest BCUT2D eigenvalue weighted by Crippen LogP contribution is 2.30. The third kappa shape index (κ3) is 3.57. The molecule has 2 N–H and O–H groups in total. The van der Waals surface area contributed by atoms with Gasteiger partial charge in [-0.15, -0.1) is 0 Å². The van der Waals surface area contributed by atoms with E-state index in [1.54, 1.807) is 41.2 Å². The first-order valence-electron chi connectivity index (χ1n) is 8.90. The van der Waals surface area contributed by atoms with Gasteiger partial charge < -0.3 is 15.0 Å². The van der Waals surface area contributed by atoms with Gasteiger partial charge in [-0.3, -0.25) is 4.79 Å². The third-order valence-corrected chi connectivity index (χ3v) is 4.87. The SMILES string of the molecule is CC1Cc2nn3cc[nH]c(=O)c3c2C(CCc2ccc(OC(F)F)cc2)N1. The Morgan fingerprint density at radius 3 is 2.85 bits per heavy atom. The van der Waals surface area contributed by atoms with Crippen LogP contribution in [0.1, 0.15) is 36.2 Å². The van der Waals surface area contributed by atoms with E-state index in [0.29, 0.717) is 5.52 Å². The van der Waals surface area contributed by atoms with Crippen molar-refractivity contribution in [3.63, 3.8) is 0 Å². The van der Waals surface area contributed by atoms with E-state index in [1.165, 1.54) is 0 Å². The monoisotopic (exact) mass is 374 g/mol. The Morgan fingerprint density at radius 2 is 2.11 bits per heavy atom. The number of aromatic nitrogens is 3. The van der Waals surface area contributed by atoms with Gasteiger partial charge in [0, 0.05) is 36.5 Å². The van der Waals surface area contributed by atoms with Gasteiger partial charge in [-0.2, -0.15) is 13.9 Å². The topological polar surface area (TPSA) is 71.4 Å². The Morgan fingerprint density at radius 1 is 1.33 bits per heavy atom. The Kier molecular flexibility index (Phi) is 4.65. The van der Waals surface area contributed by atoms with Crippen molar-refractivity contribution in [3.8, 4) is 5.75 Å². The van der Waals surface area contributed by atoms with Crippen molar-refractivity contribution in [2.75, 3.05) is 0 Å². The molecule has 0 radical (unpaired) electrons. The van der Waals surface area contributed by atoms with E-state index >= 15 is 0 Å². The lowest BCUT2D eigenvalue weighted by atomic mass is 9.91. The summed E-state index contributed by atoms with van der Waals surface area (Å²) in [6.45, 7) is -0.725. The van der Waals surface area contributed by atoms with Crippen LogP contribution in [0.3, 0.4) is 0 Å². The van der Waals surface area contributed by atoms with Crippen molar-refractivity contribution in [1.82, 2.24) is 19.9 Å². The van der Waals surface area contributed by atoms with Crippen LogP contribution in [-0.4, -0.2) is 27.3 Å². The fourth-order valence-electron chi connectivity index (χ4n) is 3.75. The van der Waals surface area contributed by atoms with E-state index < -0.39 is 6.61 Å². The number of ether oxygens (including phenoxy) is 1. The molecule has 6 nitrogen and oxygen atoms in total. The first-order chi connectivity index (χ1) is 13.0. The zero-order valence-electron chi connectivity index (χ0n) is 14.8. The minimum atomic E-state index is -2.82. The quantitative estimate of drug-likeness (QED) is 0.720. The van der Waals surface area contributed by atoms with Crippen molar-refractivity contribution in [2.24, 2.45) is 0 Å². The van der Waals surface area contributed by atoms with E-state index in [4.69, 9.17) is 0 Å². The standard InChI is InChI=1S/C19H20F2N4O2/c1-11-10-15-16(17-18(26)22-8-9-25(17)24-15)14(23-11)7-4-12-2-5-13(6-3-12)27-19(20)21/h2-3,5-6,8-9,11,14,19,23H,4,7,10H2,1H3,(H,22,26). The van der Waals surface area contributed by atoms with Crippen molar-refractivity contribution < 1.29 is 13.5 Å². The maximum atomic E-state index is 12.3. The molecule has 0 amide bonds. The number of hydrogen-bond donors (Lipinski definition) is 2. The predicted molar refractivity (Wildman–Crippen MR) is 96.3 cm³/mol. The van der Waals surface area contributed by atoms with Gasteiger partial charge in [0.05, 0.1) is 5.69 Å². The lowest BCUT2D eigenvalue weighted by Crippen LogP contribution is -2.37. The molecule has 1 aliphatic rings. The predicted octanol–water partition coefficient (Wildman–Crippen LogP) is 2.83. The van der Waals surface area contributed by atoms with Gasteiger partial charge in [0.25, 0.3) is 5.56 Å². The van der Waals surface area contributed by atoms with E-state index in [9.17, 15) is 13.6 Å². The minimum absolute atomic E-state index is 0.00161. The molecule has 1 aliphatic heterocycles. The lowest BCUT2D eigenvalue weighted by molar-refractivity contribution is -0.0498.